The Morgan fingerprint density at radius 2 is 1.57 bits per heavy atom. The standard InChI is InChI=1S/C40H50N6O8/c1-4-6-11-33(47)41-19-20-42-38(52)32(24-35(49)50)45-39(53)36(25(3)5-2)46-21-18-31(40(46)54)44-34(48)22-26-12-14-28(15-13-26)37(51)43-30-17-16-27-9-7-8-10-29(27)23-30/h7-10,12-17,23,25,31-32,36H,4-6,11,18-22,24H2,1-3H3,(H,41,47)(H,42,52)(H,43,51)(H,44,48)(H,45,53)(H,49,50)/t25?,31?,32-,36?/m0/s1. The van der Waals surface area contributed by atoms with Gasteiger partial charge in [0.05, 0.1) is 12.8 Å². The third-order valence-corrected chi connectivity index (χ3v) is 9.47. The molecule has 14 nitrogen and oxygen atoms in total. The number of unbranched alkanes of at least 4 members (excludes halogenated alkanes) is 1. The minimum atomic E-state index is -1.42. The van der Waals surface area contributed by atoms with Crippen molar-refractivity contribution in [3.05, 3.63) is 77.9 Å². The first-order valence-electron chi connectivity index (χ1n) is 18.5. The highest BCUT2D eigenvalue weighted by molar-refractivity contribution is 6.05. The maximum atomic E-state index is 13.6. The fourth-order valence-electron chi connectivity index (χ4n) is 6.30. The Balaban J connectivity index is 1.31. The molecule has 1 fully saturated rings. The number of nitrogens with zero attached hydrogens (tertiary/aromatic N) is 1. The molecule has 288 valence electrons. The zero-order valence-corrected chi connectivity index (χ0v) is 31.0. The second-order valence-electron chi connectivity index (χ2n) is 13.6. The van der Waals surface area contributed by atoms with Crippen molar-refractivity contribution in [3.8, 4) is 0 Å². The quantitative estimate of drug-likeness (QED) is 0.101. The van der Waals surface area contributed by atoms with Gasteiger partial charge >= 0.3 is 5.97 Å². The number of carbonyl (C=O) groups excluding carboxylic acids is 6. The first-order chi connectivity index (χ1) is 25.9. The number of nitrogens with one attached hydrogen (secondary N) is 5. The summed E-state index contributed by atoms with van der Waals surface area (Å²) in [5.74, 6) is -4.38. The van der Waals surface area contributed by atoms with Crippen LogP contribution in [0.4, 0.5) is 5.69 Å². The largest absolute Gasteiger partial charge is 0.481 e. The van der Waals surface area contributed by atoms with Gasteiger partial charge in [0.15, 0.2) is 0 Å². The van der Waals surface area contributed by atoms with Crippen LogP contribution >= 0.6 is 0 Å². The van der Waals surface area contributed by atoms with Gasteiger partial charge in [-0.15, -0.1) is 0 Å². The van der Waals surface area contributed by atoms with E-state index in [1.807, 2.05) is 56.3 Å². The lowest BCUT2D eigenvalue weighted by Crippen LogP contribution is -2.57. The lowest BCUT2D eigenvalue weighted by Gasteiger charge is -2.32. The summed E-state index contributed by atoms with van der Waals surface area (Å²) < 4.78 is 0. The van der Waals surface area contributed by atoms with Crippen LogP contribution < -0.4 is 26.6 Å². The number of amides is 6. The van der Waals surface area contributed by atoms with E-state index in [0.717, 1.165) is 23.6 Å². The predicted octanol–water partition coefficient (Wildman–Crippen LogP) is 3.15. The molecule has 54 heavy (non-hydrogen) atoms. The molecular formula is C40H50N6O8. The van der Waals surface area contributed by atoms with Crippen molar-refractivity contribution in [2.24, 2.45) is 5.92 Å². The molecule has 1 aliphatic heterocycles. The summed E-state index contributed by atoms with van der Waals surface area (Å²) >= 11 is 0. The van der Waals surface area contributed by atoms with Gasteiger partial charge in [0.2, 0.25) is 29.5 Å². The van der Waals surface area contributed by atoms with Crippen LogP contribution in [0.5, 0.6) is 0 Å². The zero-order valence-electron chi connectivity index (χ0n) is 31.0. The van der Waals surface area contributed by atoms with E-state index in [0.29, 0.717) is 29.7 Å². The molecular weight excluding hydrogens is 692 g/mol. The fraction of sp³-hybridized carbons (Fsp3) is 0.425. The van der Waals surface area contributed by atoms with Crippen molar-refractivity contribution < 1.29 is 38.7 Å². The van der Waals surface area contributed by atoms with Crippen molar-refractivity contribution in [1.29, 1.82) is 0 Å². The van der Waals surface area contributed by atoms with Crippen LogP contribution in [0.1, 0.15) is 75.2 Å². The number of carboxylic acids is 1. The topological polar surface area (TPSA) is 203 Å². The van der Waals surface area contributed by atoms with Crippen molar-refractivity contribution in [2.45, 2.75) is 83.8 Å². The molecule has 4 rings (SSSR count). The van der Waals surface area contributed by atoms with Gasteiger partial charge in [-0.1, -0.05) is 76.1 Å². The molecule has 1 heterocycles. The zero-order chi connectivity index (χ0) is 39.2. The van der Waals surface area contributed by atoms with Gasteiger partial charge in [-0.25, -0.2) is 0 Å². The molecule has 6 amide bonds. The highest BCUT2D eigenvalue weighted by Crippen LogP contribution is 2.23. The lowest BCUT2D eigenvalue weighted by molar-refractivity contribution is -0.144. The first kappa shape index (κ1) is 41.0. The van der Waals surface area contributed by atoms with Crippen LogP contribution in [-0.2, 0) is 35.2 Å². The molecule has 3 aromatic rings. The monoisotopic (exact) mass is 742 g/mol. The van der Waals surface area contributed by atoms with Gasteiger partial charge in [-0.3, -0.25) is 33.6 Å². The van der Waals surface area contributed by atoms with E-state index in [2.05, 4.69) is 26.6 Å². The number of carboxylic acid groups (broad SMARTS) is 1. The average molecular weight is 743 g/mol. The maximum Gasteiger partial charge on any atom is 0.305 e. The summed E-state index contributed by atoms with van der Waals surface area (Å²) in [6.45, 7) is 5.94. The molecule has 4 atom stereocenters. The molecule has 3 aromatic carbocycles. The number of fused-ring (bicyclic) bond motifs is 1. The fourth-order valence-corrected chi connectivity index (χ4v) is 6.30. The Bertz CT molecular complexity index is 1830. The Morgan fingerprint density at radius 1 is 0.870 bits per heavy atom. The molecule has 6 N–H and O–H groups in total. The molecule has 1 aliphatic rings. The van der Waals surface area contributed by atoms with Crippen LogP contribution in [0.15, 0.2) is 66.7 Å². The number of rotatable bonds is 19. The molecule has 1 saturated heterocycles. The number of hydrogen-bond acceptors (Lipinski definition) is 7. The molecule has 0 aromatic heterocycles. The smallest absolute Gasteiger partial charge is 0.305 e. The second-order valence-corrected chi connectivity index (χ2v) is 13.6. The van der Waals surface area contributed by atoms with Gasteiger partial charge < -0.3 is 36.6 Å². The maximum absolute atomic E-state index is 13.6. The van der Waals surface area contributed by atoms with Gasteiger partial charge in [0.25, 0.3) is 5.91 Å². The van der Waals surface area contributed by atoms with E-state index in [-0.39, 0.29) is 50.2 Å². The summed E-state index contributed by atoms with van der Waals surface area (Å²) in [6.07, 6.45) is 1.99. The summed E-state index contributed by atoms with van der Waals surface area (Å²) in [7, 11) is 0. The van der Waals surface area contributed by atoms with Gasteiger partial charge in [-0.2, -0.15) is 0 Å². The molecule has 0 spiro atoms. The summed E-state index contributed by atoms with van der Waals surface area (Å²) in [4.78, 5) is 90.8. The Hall–Kier alpha value is -5.79. The number of aliphatic carboxylic acids is 1. The average Bonchev–Trinajstić information content (AvgIpc) is 3.50. The third kappa shape index (κ3) is 11.6. The van der Waals surface area contributed by atoms with E-state index in [1.165, 1.54) is 4.90 Å². The summed E-state index contributed by atoms with van der Waals surface area (Å²) in [6, 6.07) is 16.8. The van der Waals surface area contributed by atoms with Crippen molar-refractivity contribution in [1.82, 2.24) is 26.2 Å². The number of benzene rings is 3. The van der Waals surface area contributed by atoms with E-state index < -0.39 is 54.1 Å². The predicted molar refractivity (Wildman–Crippen MR) is 203 cm³/mol. The SMILES string of the molecule is CCCCC(=O)NCCNC(=O)[C@H](CC(=O)O)NC(=O)C(C(C)CC)N1CCC(NC(=O)Cc2ccc(C(=O)Nc3ccc4ccccc4c3)cc2)C1=O. The number of carbonyl (C=O) groups is 7. The van der Waals surface area contributed by atoms with Gasteiger partial charge in [0.1, 0.15) is 18.1 Å². The highest BCUT2D eigenvalue weighted by atomic mass is 16.4. The van der Waals surface area contributed by atoms with Crippen molar-refractivity contribution in [2.75, 3.05) is 25.0 Å². The first-order valence-corrected chi connectivity index (χ1v) is 18.5. The van der Waals surface area contributed by atoms with E-state index >= 15 is 0 Å². The molecule has 0 radical (unpaired) electrons. The van der Waals surface area contributed by atoms with Crippen LogP contribution in [0.25, 0.3) is 10.8 Å². The van der Waals surface area contributed by atoms with E-state index in [4.69, 9.17) is 0 Å². The molecule has 3 unspecified atom stereocenters. The van der Waals surface area contributed by atoms with E-state index in [1.54, 1.807) is 31.2 Å². The van der Waals surface area contributed by atoms with Crippen LogP contribution in [0, 0.1) is 5.92 Å². The minimum absolute atomic E-state index is 0.0367. The molecule has 14 heteroatoms. The molecule has 0 bridgehead atoms. The lowest BCUT2D eigenvalue weighted by atomic mass is 9.96. The highest BCUT2D eigenvalue weighted by Gasteiger charge is 2.42. The second kappa shape index (κ2) is 19.9. The van der Waals surface area contributed by atoms with Crippen molar-refractivity contribution >= 4 is 57.9 Å². The third-order valence-electron chi connectivity index (χ3n) is 9.47. The van der Waals surface area contributed by atoms with Gasteiger partial charge in [-0.05, 0) is 59.4 Å². The van der Waals surface area contributed by atoms with E-state index in [9.17, 15) is 38.7 Å². The van der Waals surface area contributed by atoms with Crippen LogP contribution in [0.3, 0.4) is 0 Å². The Kier molecular flexibility index (Phi) is 15.1. The Labute approximate surface area is 314 Å². The van der Waals surface area contributed by atoms with Crippen LogP contribution in [0.2, 0.25) is 0 Å². The number of hydrogen-bond donors (Lipinski definition) is 6. The van der Waals surface area contributed by atoms with Gasteiger partial charge in [0, 0.05) is 37.3 Å². The summed E-state index contributed by atoms with van der Waals surface area (Å²) in [5, 5.41) is 24.9. The van der Waals surface area contributed by atoms with Crippen LogP contribution in [-0.4, -0.2) is 89.2 Å². The number of likely N-dealkylation sites (tertiary alicyclic amines) is 1. The molecule has 0 saturated carbocycles. The molecule has 0 aliphatic carbocycles. The van der Waals surface area contributed by atoms with Crippen molar-refractivity contribution in [3.63, 3.8) is 0 Å². The normalized spacial score (nSPS) is 15.5. The minimum Gasteiger partial charge on any atom is -0.481 e. The Morgan fingerprint density at radius 3 is 2.26 bits per heavy atom. The summed E-state index contributed by atoms with van der Waals surface area (Å²) in [5.41, 5.74) is 1.71. The number of anilines is 1.